The van der Waals surface area contributed by atoms with Gasteiger partial charge in [0.2, 0.25) is 0 Å². The number of para-hydroxylation sites is 1. The Labute approximate surface area is 113 Å². The molecule has 1 aromatic heterocycles. The van der Waals surface area contributed by atoms with Gasteiger partial charge in [-0.15, -0.1) is 11.6 Å². The summed E-state index contributed by atoms with van der Waals surface area (Å²) in [6.45, 7) is 2.92. The van der Waals surface area contributed by atoms with Crippen molar-refractivity contribution in [3.8, 4) is 5.75 Å². The highest BCUT2D eigenvalue weighted by Crippen LogP contribution is 2.23. The van der Waals surface area contributed by atoms with E-state index in [1.165, 1.54) is 0 Å². The predicted octanol–water partition coefficient (Wildman–Crippen LogP) is 4.27. The van der Waals surface area contributed by atoms with Crippen LogP contribution >= 0.6 is 11.6 Å². The Balaban J connectivity index is 1.99. The first-order valence-electron chi connectivity index (χ1n) is 6.34. The van der Waals surface area contributed by atoms with Crippen LogP contribution < -0.4 is 4.74 Å². The molecule has 0 aliphatic rings. The van der Waals surface area contributed by atoms with Gasteiger partial charge in [0.25, 0.3) is 0 Å². The van der Waals surface area contributed by atoms with Gasteiger partial charge in [0.1, 0.15) is 11.3 Å². The molecule has 0 amide bonds. The molecule has 0 radical (unpaired) electrons. The van der Waals surface area contributed by atoms with E-state index in [2.05, 4.69) is 11.9 Å². The van der Waals surface area contributed by atoms with E-state index in [0.717, 1.165) is 35.4 Å². The van der Waals surface area contributed by atoms with Crippen LogP contribution in [-0.2, 0) is 0 Å². The van der Waals surface area contributed by atoms with Crippen molar-refractivity contribution in [2.75, 3.05) is 12.5 Å². The lowest BCUT2D eigenvalue weighted by molar-refractivity contribution is 0.284. The summed E-state index contributed by atoms with van der Waals surface area (Å²) in [5.74, 6) is 2.19. The van der Waals surface area contributed by atoms with Gasteiger partial charge in [-0.25, -0.2) is 0 Å². The standard InChI is InChI=1S/C15H18ClNO/c1-12(7-9-16)8-11-18-14-6-2-4-13-5-3-10-17-15(13)14/h2-6,10,12H,7-9,11H2,1H3. The third-order valence-corrected chi connectivity index (χ3v) is 3.28. The molecule has 0 spiro atoms. The number of aromatic nitrogens is 1. The Morgan fingerprint density at radius 2 is 2.06 bits per heavy atom. The molecule has 0 saturated carbocycles. The molecule has 0 fully saturated rings. The maximum atomic E-state index is 5.83. The van der Waals surface area contributed by atoms with E-state index in [9.17, 15) is 0 Å². The lowest BCUT2D eigenvalue weighted by atomic mass is 10.1. The Morgan fingerprint density at radius 3 is 2.89 bits per heavy atom. The fourth-order valence-corrected chi connectivity index (χ4v) is 2.27. The van der Waals surface area contributed by atoms with Crippen molar-refractivity contribution >= 4 is 22.5 Å². The van der Waals surface area contributed by atoms with E-state index in [0.29, 0.717) is 12.5 Å². The number of pyridine rings is 1. The molecule has 2 nitrogen and oxygen atoms in total. The Kier molecular flexibility index (Phi) is 4.82. The summed E-state index contributed by atoms with van der Waals surface area (Å²) in [5.41, 5.74) is 0.935. The highest BCUT2D eigenvalue weighted by molar-refractivity contribution is 6.17. The summed E-state index contributed by atoms with van der Waals surface area (Å²) in [6, 6.07) is 10.0. The Hall–Kier alpha value is -1.28. The first-order chi connectivity index (χ1) is 8.81. The van der Waals surface area contributed by atoms with Gasteiger partial charge < -0.3 is 4.74 Å². The normalized spacial score (nSPS) is 12.6. The highest BCUT2D eigenvalue weighted by Gasteiger charge is 2.05. The summed E-state index contributed by atoms with van der Waals surface area (Å²) >= 11 is 5.72. The van der Waals surface area contributed by atoms with E-state index < -0.39 is 0 Å². The van der Waals surface area contributed by atoms with E-state index in [-0.39, 0.29) is 0 Å². The third-order valence-electron chi connectivity index (χ3n) is 3.07. The largest absolute Gasteiger partial charge is 0.491 e. The minimum atomic E-state index is 0.602. The maximum Gasteiger partial charge on any atom is 0.145 e. The molecule has 1 atom stereocenters. The predicted molar refractivity (Wildman–Crippen MR) is 76.4 cm³/mol. The zero-order valence-electron chi connectivity index (χ0n) is 10.6. The number of rotatable bonds is 6. The maximum absolute atomic E-state index is 5.83. The molecular formula is C15H18ClNO. The Morgan fingerprint density at radius 1 is 1.22 bits per heavy atom. The van der Waals surface area contributed by atoms with Gasteiger partial charge in [0.05, 0.1) is 6.61 Å². The van der Waals surface area contributed by atoms with E-state index in [1.807, 2.05) is 30.3 Å². The molecule has 3 heteroatoms. The second-order valence-electron chi connectivity index (χ2n) is 4.55. The first-order valence-corrected chi connectivity index (χ1v) is 6.87. The molecule has 1 heterocycles. The van der Waals surface area contributed by atoms with Crippen LogP contribution in [0.2, 0.25) is 0 Å². The molecule has 1 unspecified atom stereocenters. The second kappa shape index (κ2) is 6.60. The number of benzene rings is 1. The molecule has 0 N–H and O–H groups in total. The minimum Gasteiger partial charge on any atom is -0.491 e. The SMILES string of the molecule is CC(CCCl)CCOc1cccc2cccnc12. The summed E-state index contributed by atoms with van der Waals surface area (Å²) in [6.07, 6.45) is 3.86. The number of fused-ring (bicyclic) bond motifs is 1. The average molecular weight is 264 g/mol. The molecule has 18 heavy (non-hydrogen) atoms. The van der Waals surface area contributed by atoms with Crippen LogP contribution in [0, 0.1) is 5.92 Å². The molecule has 2 rings (SSSR count). The van der Waals surface area contributed by atoms with Gasteiger partial charge in [-0.05, 0) is 30.9 Å². The van der Waals surface area contributed by atoms with Crippen molar-refractivity contribution in [3.05, 3.63) is 36.5 Å². The summed E-state index contributed by atoms with van der Waals surface area (Å²) < 4.78 is 5.83. The summed E-state index contributed by atoms with van der Waals surface area (Å²) in [4.78, 5) is 4.37. The number of hydrogen-bond acceptors (Lipinski definition) is 2. The first kappa shape index (κ1) is 13.2. The van der Waals surface area contributed by atoms with E-state index in [4.69, 9.17) is 16.3 Å². The smallest absolute Gasteiger partial charge is 0.145 e. The van der Waals surface area contributed by atoms with Crippen LogP contribution in [-0.4, -0.2) is 17.5 Å². The van der Waals surface area contributed by atoms with Crippen LogP contribution in [0.25, 0.3) is 10.9 Å². The number of alkyl halides is 1. The van der Waals surface area contributed by atoms with E-state index in [1.54, 1.807) is 6.20 Å². The van der Waals surface area contributed by atoms with Gasteiger partial charge in [-0.1, -0.05) is 25.1 Å². The number of hydrogen-bond donors (Lipinski definition) is 0. The topological polar surface area (TPSA) is 22.1 Å². The van der Waals surface area contributed by atoms with Gasteiger partial charge in [-0.3, -0.25) is 4.98 Å². The molecule has 0 bridgehead atoms. The Bertz CT molecular complexity index is 495. The van der Waals surface area contributed by atoms with Crippen LogP contribution in [0.3, 0.4) is 0 Å². The molecule has 0 aliphatic carbocycles. The van der Waals surface area contributed by atoms with Crippen LogP contribution in [0.1, 0.15) is 19.8 Å². The second-order valence-corrected chi connectivity index (χ2v) is 4.93. The van der Waals surface area contributed by atoms with Crippen LogP contribution in [0.15, 0.2) is 36.5 Å². The molecule has 96 valence electrons. The van der Waals surface area contributed by atoms with Gasteiger partial charge in [-0.2, -0.15) is 0 Å². The van der Waals surface area contributed by atoms with Gasteiger partial charge in [0.15, 0.2) is 0 Å². The summed E-state index contributed by atoms with van der Waals surface area (Å²) in [7, 11) is 0. The zero-order valence-corrected chi connectivity index (χ0v) is 11.4. The van der Waals surface area contributed by atoms with Crippen molar-refractivity contribution in [1.29, 1.82) is 0 Å². The quantitative estimate of drug-likeness (QED) is 0.726. The van der Waals surface area contributed by atoms with Crippen molar-refractivity contribution in [2.45, 2.75) is 19.8 Å². The monoisotopic (exact) mass is 263 g/mol. The van der Waals surface area contributed by atoms with Gasteiger partial charge in [0, 0.05) is 17.5 Å². The van der Waals surface area contributed by atoms with Gasteiger partial charge >= 0.3 is 0 Å². The fraction of sp³-hybridized carbons (Fsp3) is 0.400. The highest BCUT2D eigenvalue weighted by atomic mass is 35.5. The summed E-state index contributed by atoms with van der Waals surface area (Å²) in [5, 5.41) is 1.11. The lowest BCUT2D eigenvalue weighted by Crippen LogP contribution is -2.05. The van der Waals surface area contributed by atoms with Crippen molar-refractivity contribution < 1.29 is 4.74 Å². The van der Waals surface area contributed by atoms with Crippen molar-refractivity contribution in [3.63, 3.8) is 0 Å². The molecule has 0 saturated heterocycles. The lowest BCUT2D eigenvalue weighted by Gasteiger charge is -2.11. The zero-order chi connectivity index (χ0) is 12.8. The number of nitrogens with zero attached hydrogens (tertiary/aromatic N) is 1. The minimum absolute atomic E-state index is 0.602. The molecule has 2 aromatic rings. The molecule has 1 aromatic carbocycles. The van der Waals surface area contributed by atoms with Crippen LogP contribution in [0.4, 0.5) is 0 Å². The van der Waals surface area contributed by atoms with Crippen molar-refractivity contribution in [2.24, 2.45) is 5.92 Å². The molecule has 0 aliphatic heterocycles. The van der Waals surface area contributed by atoms with Crippen molar-refractivity contribution in [1.82, 2.24) is 4.98 Å². The fourth-order valence-electron chi connectivity index (χ4n) is 1.89. The average Bonchev–Trinajstić information content (AvgIpc) is 2.39. The number of ether oxygens (including phenoxy) is 1. The molecular weight excluding hydrogens is 246 g/mol. The third kappa shape index (κ3) is 3.36. The van der Waals surface area contributed by atoms with E-state index >= 15 is 0 Å². The number of halogens is 1. The van der Waals surface area contributed by atoms with Crippen LogP contribution in [0.5, 0.6) is 5.75 Å².